The third-order valence-electron chi connectivity index (χ3n) is 3.43. The summed E-state index contributed by atoms with van der Waals surface area (Å²) in [6.07, 6.45) is 9.01. The van der Waals surface area contributed by atoms with E-state index in [4.69, 9.17) is 0 Å². The molecule has 3 nitrogen and oxygen atoms in total. The van der Waals surface area contributed by atoms with Crippen LogP contribution in [0.2, 0.25) is 0 Å². The van der Waals surface area contributed by atoms with Crippen LogP contribution in [0, 0.1) is 11.8 Å². The molecule has 0 spiro atoms. The number of nitrogens with one attached hydrogen (secondary N) is 1. The van der Waals surface area contributed by atoms with Crippen molar-refractivity contribution in [2.24, 2.45) is 11.8 Å². The van der Waals surface area contributed by atoms with E-state index in [0.717, 1.165) is 30.6 Å². The lowest BCUT2D eigenvalue weighted by Crippen LogP contribution is -2.26. The fourth-order valence-electron chi connectivity index (χ4n) is 2.57. The molecule has 0 saturated heterocycles. The monoisotopic (exact) mass is 219 g/mol. The van der Waals surface area contributed by atoms with Gasteiger partial charge in [0, 0.05) is 12.7 Å². The smallest absolute Gasteiger partial charge is 0.115 e. The van der Waals surface area contributed by atoms with Crippen LogP contribution in [0.4, 0.5) is 0 Å². The molecule has 1 aliphatic carbocycles. The van der Waals surface area contributed by atoms with Gasteiger partial charge in [-0.1, -0.05) is 19.8 Å². The first kappa shape index (κ1) is 11.5. The van der Waals surface area contributed by atoms with Gasteiger partial charge in [-0.05, 0) is 37.3 Å². The average molecular weight is 219 g/mol. The maximum absolute atomic E-state index is 4.20. The van der Waals surface area contributed by atoms with Crippen molar-refractivity contribution < 1.29 is 0 Å². The Labute approximate surface area is 97.7 Å². The van der Waals surface area contributed by atoms with Crippen LogP contribution in [0.5, 0.6) is 0 Å². The zero-order chi connectivity index (χ0) is 11.2. The standard InChI is InChI=1S/C13H21N3/c1-11-3-2-4-12(7-11)8-15-9-13-5-6-14-10-16-13/h5-6,10-12,15H,2-4,7-9H2,1H3. The Morgan fingerprint density at radius 1 is 1.44 bits per heavy atom. The number of aromatic nitrogens is 2. The van der Waals surface area contributed by atoms with Gasteiger partial charge in [-0.3, -0.25) is 0 Å². The number of hydrogen-bond donors (Lipinski definition) is 1. The molecule has 2 unspecified atom stereocenters. The van der Waals surface area contributed by atoms with Crippen LogP contribution < -0.4 is 5.32 Å². The summed E-state index contributed by atoms with van der Waals surface area (Å²) in [4.78, 5) is 8.12. The van der Waals surface area contributed by atoms with Gasteiger partial charge in [0.15, 0.2) is 0 Å². The normalized spacial score (nSPS) is 25.6. The van der Waals surface area contributed by atoms with E-state index in [2.05, 4.69) is 22.2 Å². The molecular formula is C13H21N3. The summed E-state index contributed by atoms with van der Waals surface area (Å²) in [5.41, 5.74) is 1.08. The Kier molecular flexibility index (Phi) is 4.28. The number of hydrogen-bond acceptors (Lipinski definition) is 3. The molecule has 0 aliphatic heterocycles. The van der Waals surface area contributed by atoms with E-state index in [9.17, 15) is 0 Å². The van der Waals surface area contributed by atoms with E-state index in [-0.39, 0.29) is 0 Å². The molecule has 1 saturated carbocycles. The molecule has 0 amide bonds. The Morgan fingerprint density at radius 2 is 2.38 bits per heavy atom. The van der Waals surface area contributed by atoms with Crippen LogP contribution in [0.25, 0.3) is 0 Å². The minimum atomic E-state index is 0.866. The summed E-state index contributed by atoms with van der Waals surface area (Å²) in [5, 5.41) is 3.50. The summed E-state index contributed by atoms with van der Waals surface area (Å²) in [5.74, 6) is 1.78. The second-order valence-corrected chi connectivity index (χ2v) is 4.97. The molecule has 0 radical (unpaired) electrons. The summed E-state index contributed by atoms with van der Waals surface area (Å²) in [6, 6.07) is 1.97. The fraction of sp³-hybridized carbons (Fsp3) is 0.692. The molecule has 3 heteroatoms. The van der Waals surface area contributed by atoms with Gasteiger partial charge in [0.25, 0.3) is 0 Å². The van der Waals surface area contributed by atoms with Gasteiger partial charge < -0.3 is 5.32 Å². The molecule has 1 aromatic rings. The largest absolute Gasteiger partial charge is 0.311 e. The van der Waals surface area contributed by atoms with E-state index in [1.54, 1.807) is 12.5 Å². The molecule has 88 valence electrons. The highest BCUT2D eigenvalue weighted by Crippen LogP contribution is 2.27. The van der Waals surface area contributed by atoms with Crippen molar-refractivity contribution in [1.82, 2.24) is 15.3 Å². The van der Waals surface area contributed by atoms with E-state index in [1.165, 1.54) is 25.7 Å². The highest BCUT2D eigenvalue weighted by Gasteiger charge is 2.18. The Balaban J connectivity index is 1.68. The lowest BCUT2D eigenvalue weighted by Gasteiger charge is -2.26. The zero-order valence-corrected chi connectivity index (χ0v) is 10.0. The van der Waals surface area contributed by atoms with Crippen LogP contribution >= 0.6 is 0 Å². The van der Waals surface area contributed by atoms with Crippen molar-refractivity contribution in [3.63, 3.8) is 0 Å². The molecule has 16 heavy (non-hydrogen) atoms. The number of nitrogens with zero attached hydrogens (tertiary/aromatic N) is 2. The van der Waals surface area contributed by atoms with E-state index < -0.39 is 0 Å². The molecule has 1 fully saturated rings. The zero-order valence-electron chi connectivity index (χ0n) is 10.0. The van der Waals surface area contributed by atoms with Crippen molar-refractivity contribution in [3.05, 3.63) is 24.3 Å². The molecule has 1 aromatic heterocycles. The summed E-state index contributed by atoms with van der Waals surface area (Å²) in [6.45, 7) is 4.37. The number of rotatable bonds is 4. The third kappa shape index (κ3) is 3.56. The molecular weight excluding hydrogens is 198 g/mol. The fourth-order valence-corrected chi connectivity index (χ4v) is 2.57. The Bertz CT molecular complexity index is 299. The van der Waals surface area contributed by atoms with Crippen LogP contribution in [0.1, 0.15) is 38.3 Å². The van der Waals surface area contributed by atoms with Gasteiger partial charge in [-0.15, -0.1) is 0 Å². The van der Waals surface area contributed by atoms with Gasteiger partial charge in [0.05, 0.1) is 5.69 Å². The summed E-state index contributed by atoms with van der Waals surface area (Å²) < 4.78 is 0. The van der Waals surface area contributed by atoms with E-state index >= 15 is 0 Å². The Hall–Kier alpha value is -0.960. The first-order chi connectivity index (χ1) is 7.84. The van der Waals surface area contributed by atoms with Crippen LogP contribution in [-0.2, 0) is 6.54 Å². The Morgan fingerprint density at radius 3 is 3.12 bits per heavy atom. The maximum Gasteiger partial charge on any atom is 0.115 e. The van der Waals surface area contributed by atoms with Crippen molar-refractivity contribution in [2.75, 3.05) is 6.54 Å². The predicted molar refractivity (Wildman–Crippen MR) is 64.9 cm³/mol. The summed E-state index contributed by atoms with van der Waals surface area (Å²) in [7, 11) is 0. The van der Waals surface area contributed by atoms with Gasteiger partial charge in [-0.2, -0.15) is 0 Å². The lowest BCUT2D eigenvalue weighted by molar-refractivity contribution is 0.274. The quantitative estimate of drug-likeness (QED) is 0.845. The van der Waals surface area contributed by atoms with Crippen LogP contribution in [0.3, 0.4) is 0 Å². The van der Waals surface area contributed by atoms with Crippen molar-refractivity contribution in [1.29, 1.82) is 0 Å². The molecule has 1 heterocycles. The highest BCUT2D eigenvalue weighted by molar-refractivity contribution is 4.96. The first-order valence-corrected chi connectivity index (χ1v) is 6.30. The minimum absolute atomic E-state index is 0.866. The second kappa shape index (κ2) is 5.94. The molecule has 0 bridgehead atoms. The van der Waals surface area contributed by atoms with Crippen molar-refractivity contribution in [2.45, 2.75) is 39.2 Å². The van der Waals surface area contributed by atoms with Gasteiger partial charge in [0.2, 0.25) is 0 Å². The molecule has 1 aliphatic rings. The topological polar surface area (TPSA) is 37.8 Å². The average Bonchev–Trinajstić information content (AvgIpc) is 2.30. The molecule has 0 aromatic carbocycles. The predicted octanol–water partition coefficient (Wildman–Crippen LogP) is 2.39. The van der Waals surface area contributed by atoms with E-state index in [1.807, 2.05) is 6.07 Å². The van der Waals surface area contributed by atoms with Gasteiger partial charge >= 0.3 is 0 Å². The van der Waals surface area contributed by atoms with Crippen LogP contribution in [0.15, 0.2) is 18.6 Å². The maximum atomic E-state index is 4.20. The first-order valence-electron chi connectivity index (χ1n) is 6.30. The van der Waals surface area contributed by atoms with Crippen LogP contribution in [-0.4, -0.2) is 16.5 Å². The highest BCUT2D eigenvalue weighted by atomic mass is 14.9. The molecule has 2 rings (SSSR count). The third-order valence-corrected chi connectivity index (χ3v) is 3.43. The van der Waals surface area contributed by atoms with Gasteiger partial charge in [-0.25, -0.2) is 9.97 Å². The SMILES string of the molecule is CC1CCCC(CNCc2ccncn2)C1. The van der Waals surface area contributed by atoms with Crippen molar-refractivity contribution >= 4 is 0 Å². The minimum Gasteiger partial charge on any atom is -0.311 e. The lowest BCUT2D eigenvalue weighted by atomic mass is 9.82. The van der Waals surface area contributed by atoms with Crippen molar-refractivity contribution in [3.8, 4) is 0 Å². The van der Waals surface area contributed by atoms with Gasteiger partial charge in [0.1, 0.15) is 6.33 Å². The molecule has 2 atom stereocenters. The second-order valence-electron chi connectivity index (χ2n) is 4.97. The van der Waals surface area contributed by atoms with E-state index in [0.29, 0.717) is 0 Å². The summed E-state index contributed by atoms with van der Waals surface area (Å²) >= 11 is 0. The molecule has 1 N–H and O–H groups in total.